The largest absolute Gasteiger partial charge is 0.481 e. The van der Waals surface area contributed by atoms with Crippen LogP contribution in [0.4, 0.5) is 0 Å². The van der Waals surface area contributed by atoms with Crippen LogP contribution in [0.15, 0.2) is 0 Å². The van der Waals surface area contributed by atoms with Gasteiger partial charge >= 0.3 is 11.9 Å². The minimum absolute atomic E-state index is 0.0891. The van der Waals surface area contributed by atoms with Crippen molar-refractivity contribution in [3.63, 3.8) is 0 Å². The second-order valence-corrected chi connectivity index (χ2v) is 6.38. The summed E-state index contributed by atoms with van der Waals surface area (Å²) in [6.07, 6.45) is 3.90. The van der Waals surface area contributed by atoms with Crippen LogP contribution in [0.1, 0.15) is 58.8 Å². The minimum atomic E-state index is -1.18. The van der Waals surface area contributed by atoms with E-state index in [1.165, 1.54) is 0 Å². The zero-order valence-electron chi connectivity index (χ0n) is 12.7. The van der Waals surface area contributed by atoms with Gasteiger partial charge < -0.3 is 15.5 Å². The molecule has 1 saturated carbocycles. The number of nitrogens with one attached hydrogen (secondary N) is 1. The Bertz CT molecular complexity index is 399. The molecule has 0 heterocycles. The van der Waals surface area contributed by atoms with Crippen LogP contribution in [0.5, 0.6) is 0 Å². The smallest absolute Gasteiger partial charge is 0.326 e. The number of aliphatic carboxylic acids is 2. The average molecular weight is 299 g/mol. The standard InChI is InChI=1S/C15H25NO5/c1-10(2)9-15(7-3-4-8-15)14(21)16-11(13(19)20)5-6-12(17)18/h10-11H,3-9H2,1-2H3,(H,16,21)(H,17,18)(H,19,20)/t11-/m0/s1. The molecule has 0 saturated heterocycles. The number of rotatable bonds is 8. The number of hydrogen-bond donors (Lipinski definition) is 3. The summed E-state index contributed by atoms with van der Waals surface area (Å²) >= 11 is 0. The van der Waals surface area contributed by atoms with E-state index in [2.05, 4.69) is 5.32 Å². The maximum atomic E-state index is 12.5. The van der Waals surface area contributed by atoms with Gasteiger partial charge in [-0.25, -0.2) is 4.79 Å². The molecule has 0 bridgehead atoms. The number of carbonyl (C=O) groups is 3. The monoisotopic (exact) mass is 299 g/mol. The molecular formula is C15H25NO5. The van der Waals surface area contributed by atoms with E-state index in [0.717, 1.165) is 32.1 Å². The molecule has 1 aliphatic carbocycles. The highest BCUT2D eigenvalue weighted by atomic mass is 16.4. The van der Waals surface area contributed by atoms with Gasteiger partial charge in [-0.05, 0) is 31.6 Å². The first-order chi connectivity index (χ1) is 9.77. The molecule has 0 aromatic rings. The van der Waals surface area contributed by atoms with Crippen LogP contribution >= 0.6 is 0 Å². The molecule has 21 heavy (non-hydrogen) atoms. The Labute approximate surface area is 124 Å². The molecule has 1 atom stereocenters. The Morgan fingerprint density at radius 1 is 1.14 bits per heavy atom. The van der Waals surface area contributed by atoms with Gasteiger partial charge in [0.05, 0.1) is 0 Å². The second kappa shape index (κ2) is 7.43. The summed E-state index contributed by atoms with van der Waals surface area (Å²) in [6.45, 7) is 4.10. The van der Waals surface area contributed by atoms with Crippen molar-refractivity contribution in [2.24, 2.45) is 11.3 Å². The third-order valence-electron chi connectivity index (χ3n) is 4.09. The van der Waals surface area contributed by atoms with Crippen molar-refractivity contribution >= 4 is 17.8 Å². The Hall–Kier alpha value is -1.59. The first kappa shape index (κ1) is 17.5. The van der Waals surface area contributed by atoms with Crippen molar-refractivity contribution < 1.29 is 24.6 Å². The highest BCUT2D eigenvalue weighted by molar-refractivity contribution is 5.88. The van der Waals surface area contributed by atoms with Crippen molar-refractivity contribution in [1.29, 1.82) is 0 Å². The Morgan fingerprint density at radius 2 is 1.71 bits per heavy atom. The predicted octanol–water partition coefficient (Wildman–Crippen LogP) is 2.03. The average Bonchev–Trinajstić information content (AvgIpc) is 2.82. The second-order valence-electron chi connectivity index (χ2n) is 6.38. The molecule has 1 aliphatic rings. The highest BCUT2D eigenvalue weighted by Crippen LogP contribution is 2.43. The summed E-state index contributed by atoms with van der Waals surface area (Å²) in [6, 6.07) is -1.13. The summed E-state index contributed by atoms with van der Waals surface area (Å²) < 4.78 is 0. The molecule has 1 rings (SSSR count). The van der Waals surface area contributed by atoms with E-state index in [-0.39, 0.29) is 18.7 Å². The predicted molar refractivity (Wildman–Crippen MR) is 76.8 cm³/mol. The van der Waals surface area contributed by atoms with Gasteiger partial charge in [0.2, 0.25) is 5.91 Å². The Kier molecular flexibility index (Phi) is 6.18. The molecule has 3 N–H and O–H groups in total. The molecule has 6 heteroatoms. The zero-order valence-corrected chi connectivity index (χ0v) is 12.7. The lowest BCUT2D eigenvalue weighted by molar-refractivity contribution is -0.145. The van der Waals surface area contributed by atoms with Gasteiger partial charge in [-0.15, -0.1) is 0 Å². The lowest BCUT2D eigenvalue weighted by Gasteiger charge is -2.31. The van der Waals surface area contributed by atoms with Gasteiger partial charge in [-0.2, -0.15) is 0 Å². The molecule has 0 unspecified atom stereocenters. The van der Waals surface area contributed by atoms with E-state index in [4.69, 9.17) is 10.2 Å². The van der Waals surface area contributed by atoms with Crippen LogP contribution in [0.25, 0.3) is 0 Å². The summed E-state index contributed by atoms with van der Waals surface area (Å²) in [4.78, 5) is 34.3. The van der Waals surface area contributed by atoms with E-state index < -0.39 is 23.4 Å². The quantitative estimate of drug-likeness (QED) is 0.636. The molecule has 0 aliphatic heterocycles. The van der Waals surface area contributed by atoms with E-state index in [9.17, 15) is 14.4 Å². The van der Waals surface area contributed by atoms with Gasteiger partial charge in [0.1, 0.15) is 6.04 Å². The molecule has 1 amide bonds. The van der Waals surface area contributed by atoms with Gasteiger partial charge in [0.15, 0.2) is 0 Å². The molecule has 0 aromatic carbocycles. The van der Waals surface area contributed by atoms with E-state index in [1.807, 2.05) is 13.8 Å². The van der Waals surface area contributed by atoms with Crippen LogP contribution in [0.3, 0.4) is 0 Å². The number of carboxylic acid groups (broad SMARTS) is 2. The number of carboxylic acids is 2. The van der Waals surface area contributed by atoms with Crippen molar-refractivity contribution in [2.75, 3.05) is 0 Å². The fourth-order valence-corrected chi connectivity index (χ4v) is 3.19. The fraction of sp³-hybridized carbons (Fsp3) is 0.800. The minimum Gasteiger partial charge on any atom is -0.481 e. The third kappa shape index (κ3) is 5.02. The number of amides is 1. The summed E-state index contributed by atoms with van der Waals surface area (Å²) in [5.41, 5.74) is -0.481. The van der Waals surface area contributed by atoms with Crippen molar-refractivity contribution in [3.8, 4) is 0 Å². The van der Waals surface area contributed by atoms with E-state index >= 15 is 0 Å². The van der Waals surface area contributed by atoms with Crippen LogP contribution in [-0.4, -0.2) is 34.1 Å². The summed E-state index contributed by atoms with van der Waals surface area (Å²) in [5.74, 6) is -2.11. The number of hydrogen-bond acceptors (Lipinski definition) is 3. The van der Waals surface area contributed by atoms with Crippen molar-refractivity contribution in [2.45, 2.75) is 64.8 Å². The molecule has 0 aromatic heterocycles. The Balaban J connectivity index is 2.73. The summed E-state index contributed by atoms with van der Waals surface area (Å²) in [7, 11) is 0. The maximum absolute atomic E-state index is 12.5. The van der Waals surface area contributed by atoms with Gasteiger partial charge in [0, 0.05) is 11.8 Å². The molecule has 0 radical (unpaired) electrons. The third-order valence-corrected chi connectivity index (χ3v) is 4.09. The van der Waals surface area contributed by atoms with E-state index in [1.54, 1.807) is 0 Å². The van der Waals surface area contributed by atoms with Gasteiger partial charge in [0.25, 0.3) is 0 Å². The summed E-state index contributed by atoms with van der Waals surface area (Å²) in [5, 5.41) is 20.3. The molecule has 0 spiro atoms. The molecule has 6 nitrogen and oxygen atoms in total. The Morgan fingerprint density at radius 3 is 2.14 bits per heavy atom. The topological polar surface area (TPSA) is 104 Å². The van der Waals surface area contributed by atoms with Crippen LogP contribution in [-0.2, 0) is 14.4 Å². The van der Waals surface area contributed by atoms with Crippen LogP contribution in [0.2, 0.25) is 0 Å². The zero-order chi connectivity index (χ0) is 16.0. The lowest BCUT2D eigenvalue weighted by Crippen LogP contribution is -2.48. The van der Waals surface area contributed by atoms with Crippen molar-refractivity contribution in [1.82, 2.24) is 5.32 Å². The maximum Gasteiger partial charge on any atom is 0.326 e. The first-order valence-corrected chi connectivity index (χ1v) is 7.52. The first-order valence-electron chi connectivity index (χ1n) is 7.52. The van der Waals surface area contributed by atoms with Gasteiger partial charge in [-0.1, -0.05) is 26.7 Å². The molecule has 120 valence electrons. The van der Waals surface area contributed by atoms with E-state index in [0.29, 0.717) is 5.92 Å². The van der Waals surface area contributed by atoms with Gasteiger partial charge in [-0.3, -0.25) is 9.59 Å². The van der Waals surface area contributed by atoms with Crippen LogP contribution in [0, 0.1) is 11.3 Å². The van der Waals surface area contributed by atoms with Crippen molar-refractivity contribution in [3.05, 3.63) is 0 Å². The highest BCUT2D eigenvalue weighted by Gasteiger charge is 2.42. The SMILES string of the molecule is CC(C)CC1(C(=O)N[C@@H](CCC(=O)O)C(=O)O)CCCC1. The molecule has 1 fully saturated rings. The fourth-order valence-electron chi connectivity index (χ4n) is 3.19. The normalized spacial score (nSPS) is 18.4. The van der Waals surface area contributed by atoms with Crippen LogP contribution < -0.4 is 5.32 Å². The molecular weight excluding hydrogens is 274 g/mol. The number of carbonyl (C=O) groups excluding carboxylic acids is 1. The lowest BCUT2D eigenvalue weighted by atomic mass is 9.77.